The van der Waals surface area contributed by atoms with Gasteiger partial charge in [-0.2, -0.15) is 0 Å². The summed E-state index contributed by atoms with van der Waals surface area (Å²) in [6, 6.07) is 0. The first-order valence-corrected chi connectivity index (χ1v) is 4.76. The molecule has 0 aromatic rings. The molecule has 0 spiro atoms. The van der Waals surface area contributed by atoms with Gasteiger partial charge in [-0.25, -0.2) is 0 Å². The van der Waals surface area contributed by atoms with E-state index in [4.69, 9.17) is 14.6 Å². The van der Waals surface area contributed by atoms with Gasteiger partial charge in [-0.1, -0.05) is 6.92 Å². The third-order valence-corrected chi connectivity index (χ3v) is 2.14. The van der Waals surface area contributed by atoms with Crippen molar-refractivity contribution in [3.63, 3.8) is 0 Å². The Morgan fingerprint density at radius 1 is 1.57 bits per heavy atom. The molecule has 1 aliphatic heterocycles. The number of rotatable bonds is 3. The van der Waals surface area contributed by atoms with Crippen LogP contribution in [0.4, 0.5) is 0 Å². The van der Waals surface area contributed by atoms with Crippen molar-refractivity contribution in [3.8, 4) is 0 Å². The van der Waals surface area contributed by atoms with Crippen molar-refractivity contribution in [1.29, 1.82) is 0 Å². The smallest absolute Gasteiger partial charge is 0.305 e. The van der Waals surface area contributed by atoms with E-state index in [-0.39, 0.29) is 25.6 Å². The van der Waals surface area contributed by atoms with Gasteiger partial charge in [0, 0.05) is 12.8 Å². The molecule has 0 aromatic carbocycles. The summed E-state index contributed by atoms with van der Waals surface area (Å²) in [6.07, 6.45) is -1.31. The topological polar surface area (TPSA) is 76.0 Å². The van der Waals surface area contributed by atoms with Crippen LogP contribution in [0.25, 0.3) is 0 Å². The van der Waals surface area contributed by atoms with E-state index < -0.39 is 18.3 Å². The van der Waals surface area contributed by atoms with Crippen LogP contribution in [0.1, 0.15) is 19.8 Å². The summed E-state index contributed by atoms with van der Waals surface area (Å²) in [5.41, 5.74) is 0. The van der Waals surface area contributed by atoms with Gasteiger partial charge in [0.25, 0.3) is 0 Å². The van der Waals surface area contributed by atoms with Crippen molar-refractivity contribution in [1.82, 2.24) is 0 Å². The molecule has 2 N–H and O–H groups in total. The van der Waals surface area contributed by atoms with Crippen molar-refractivity contribution in [3.05, 3.63) is 0 Å². The highest BCUT2D eigenvalue weighted by molar-refractivity contribution is 5.68. The normalized spacial score (nSPS) is 32.6. The van der Waals surface area contributed by atoms with Crippen LogP contribution >= 0.6 is 0 Å². The van der Waals surface area contributed by atoms with Gasteiger partial charge < -0.3 is 19.7 Å². The molecule has 0 aromatic heterocycles. The average molecular weight is 204 g/mol. The fourth-order valence-corrected chi connectivity index (χ4v) is 1.28. The van der Waals surface area contributed by atoms with Crippen LogP contribution in [0.3, 0.4) is 0 Å². The Bertz CT molecular complexity index is 194. The molecule has 5 heteroatoms. The van der Waals surface area contributed by atoms with Crippen LogP contribution in [0.15, 0.2) is 0 Å². The second kappa shape index (κ2) is 5.29. The number of hydrogen-bond acceptors (Lipinski definition) is 5. The fourth-order valence-electron chi connectivity index (χ4n) is 1.28. The van der Waals surface area contributed by atoms with Gasteiger partial charge in [-0.05, 0) is 0 Å². The molecule has 0 radical (unpaired) electrons. The molecular formula is C9H16O5. The summed E-state index contributed by atoms with van der Waals surface area (Å²) in [6.45, 7) is 1.94. The van der Waals surface area contributed by atoms with Crippen LogP contribution < -0.4 is 0 Å². The summed E-state index contributed by atoms with van der Waals surface area (Å²) in [5.74, 6) is -0.313. The fraction of sp³-hybridized carbons (Fsp3) is 0.889. The lowest BCUT2D eigenvalue weighted by Crippen LogP contribution is -2.43. The van der Waals surface area contributed by atoms with E-state index in [1.807, 2.05) is 0 Å². The Morgan fingerprint density at radius 2 is 2.29 bits per heavy atom. The second-order valence-electron chi connectivity index (χ2n) is 3.37. The molecule has 5 nitrogen and oxygen atoms in total. The number of hydrogen-bond donors (Lipinski definition) is 2. The molecule has 3 atom stereocenters. The molecule has 1 saturated heterocycles. The Hall–Kier alpha value is -0.650. The highest BCUT2D eigenvalue weighted by Crippen LogP contribution is 2.14. The van der Waals surface area contributed by atoms with Crippen LogP contribution in [0.2, 0.25) is 0 Å². The average Bonchev–Trinajstić information content (AvgIpc) is 2.16. The third-order valence-electron chi connectivity index (χ3n) is 2.14. The predicted octanol–water partition coefficient (Wildman–Crippen LogP) is -0.550. The van der Waals surface area contributed by atoms with Gasteiger partial charge in [0.05, 0.1) is 18.8 Å². The molecule has 0 bridgehead atoms. The van der Waals surface area contributed by atoms with E-state index in [2.05, 4.69) is 0 Å². The van der Waals surface area contributed by atoms with Crippen LogP contribution in [0.5, 0.6) is 0 Å². The first-order valence-electron chi connectivity index (χ1n) is 4.76. The molecule has 1 fully saturated rings. The van der Waals surface area contributed by atoms with E-state index in [0.29, 0.717) is 6.42 Å². The maximum atomic E-state index is 10.8. The summed E-state index contributed by atoms with van der Waals surface area (Å²) < 4.78 is 9.95. The van der Waals surface area contributed by atoms with E-state index in [0.717, 1.165) is 0 Å². The van der Waals surface area contributed by atoms with E-state index >= 15 is 0 Å². The standard InChI is InChI=1S/C9H16O5/c1-2-9(12)14-5-8-7(11)3-6(10)4-13-8/h6-8,10-11H,2-5H2,1H3/t6-,7?,8-/m1/s1. The molecule has 1 aliphatic rings. The quantitative estimate of drug-likeness (QED) is 0.603. The van der Waals surface area contributed by atoms with E-state index in [9.17, 15) is 9.90 Å². The second-order valence-corrected chi connectivity index (χ2v) is 3.37. The summed E-state index contributed by atoms with van der Waals surface area (Å²) in [5, 5.41) is 18.6. The number of carbonyl (C=O) groups is 1. The minimum atomic E-state index is -0.761. The number of esters is 1. The van der Waals surface area contributed by atoms with Crippen molar-refractivity contribution in [2.45, 2.75) is 38.1 Å². The minimum Gasteiger partial charge on any atom is -0.463 e. The Morgan fingerprint density at radius 3 is 2.86 bits per heavy atom. The number of ether oxygens (including phenoxy) is 2. The van der Waals surface area contributed by atoms with Gasteiger partial charge >= 0.3 is 5.97 Å². The predicted molar refractivity (Wildman–Crippen MR) is 47.6 cm³/mol. The van der Waals surface area contributed by atoms with Gasteiger partial charge in [0.2, 0.25) is 0 Å². The molecular weight excluding hydrogens is 188 g/mol. The van der Waals surface area contributed by atoms with Crippen LogP contribution in [-0.2, 0) is 14.3 Å². The van der Waals surface area contributed by atoms with Gasteiger partial charge in [-0.15, -0.1) is 0 Å². The minimum absolute atomic E-state index is 0.0561. The van der Waals surface area contributed by atoms with Crippen molar-refractivity contribution < 1.29 is 24.5 Å². The molecule has 1 unspecified atom stereocenters. The maximum Gasteiger partial charge on any atom is 0.305 e. The largest absolute Gasteiger partial charge is 0.463 e. The number of aliphatic hydroxyl groups is 2. The molecule has 0 saturated carbocycles. The van der Waals surface area contributed by atoms with Crippen LogP contribution in [-0.4, -0.2) is 47.7 Å². The third kappa shape index (κ3) is 3.25. The SMILES string of the molecule is CCC(=O)OC[C@H]1OC[C@H](O)CC1O. The Labute approximate surface area is 82.6 Å². The lowest BCUT2D eigenvalue weighted by molar-refractivity contribution is -0.163. The van der Waals surface area contributed by atoms with Gasteiger partial charge in [0.1, 0.15) is 12.7 Å². The summed E-state index contributed by atoms with van der Waals surface area (Å²) >= 11 is 0. The molecule has 1 heterocycles. The monoisotopic (exact) mass is 204 g/mol. The van der Waals surface area contributed by atoms with Gasteiger partial charge in [-0.3, -0.25) is 4.79 Å². The molecule has 82 valence electrons. The molecule has 0 aliphatic carbocycles. The van der Waals surface area contributed by atoms with E-state index in [1.54, 1.807) is 6.92 Å². The van der Waals surface area contributed by atoms with Crippen molar-refractivity contribution in [2.75, 3.05) is 13.2 Å². The van der Waals surface area contributed by atoms with Crippen LogP contribution in [0, 0.1) is 0 Å². The lowest BCUT2D eigenvalue weighted by atomic mass is 10.0. The first-order chi connectivity index (χ1) is 6.63. The molecule has 0 amide bonds. The maximum absolute atomic E-state index is 10.8. The highest BCUT2D eigenvalue weighted by Gasteiger charge is 2.29. The Kier molecular flexibility index (Phi) is 4.31. The highest BCUT2D eigenvalue weighted by atomic mass is 16.6. The molecule has 14 heavy (non-hydrogen) atoms. The van der Waals surface area contributed by atoms with E-state index in [1.165, 1.54) is 0 Å². The first kappa shape index (κ1) is 11.4. The summed E-state index contributed by atoms with van der Waals surface area (Å²) in [4.78, 5) is 10.8. The van der Waals surface area contributed by atoms with Crippen molar-refractivity contribution >= 4 is 5.97 Å². The van der Waals surface area contributed by atoms with Gasteiger partial charge in [0.15, 0.2) is 0 Å². The summed E-state index contributed by atoms with van der Waals surface area (Å²) in [7, 11) is 0. The molecule has 1 rings (SSSR count). The Balaban J connectivity index is 2.27. The number of carbonyl (C=O) groups excluding carboxylic acids is 1. The number of aliphatic hydroxyl groups excluding tert-OH is 2. The zero-order valence-electron chi connectivity index (χ0n) is 8.18. The lowest BCUT2D eigenvalue weighted by Gasteiger charge is -2.30. The van der Waals surface area contributed by atoms with Crippen molar-refractivity contribution in [2.24, 2.45) is 0 Å². The zero-order valence-corrected chi connectivity index (χ0v) is 8.18. The zero-order chi connectivity index (χ0) is 10.6.